The van der Waals surface area contributed by atoms with Crippen LogP contribution in [0.4, 0.5) is 30.7 Å². The van der Waals surface area contributed by atoms with Crippen LogP contribution in [0.5, 0.6) is 0 Å². The molecule has 1 fully saturated rings. The second-order valence-corrected chi connectivity index (χ2v) is 9.59. The van der Waals surface area contributed by atoms with Gasteiger partial charge >= 0.3 is 24.3 Å². The topological polar surface area (TPSA) is 129 Å². The van der Waals surface area contributed by atoms with Crippen molar-refractivity contribution in [2.45, 2.75) is 24.9 Å². The van der Waals surface area contributed by atoms with Crippen molar-refractivity contribution < 1.29 is 50.5 Å². The molecule has 0 aliphatic carbocycles. The van der Waals surface area contributed by atoms with E-state index in [1.54, 1.807) is 10.6 Å². The molecule has 4 heterocycles. The Morgan fingerprint density at radius 1 is 0.932 bits per heavy atom. The average Bonchev–Trinajstić information content (AvgIpc) is 3.54. The van der Waals surface area contributed by atoms with Crippen LogP contribution in [0.1, 0.15) is 17.3 Å². The highest BCUT2D eigenvalue weighted by Gasteiger charge is 2.39. The van der Waals surface area contributed by atoms with E-state index >= 15 is 0 Å². The quantitative estimate of drug-likeness (QED) is 0.320. The summed E-state index contributed by atoms with van der Waals surface area (Å²) in [5.74, 6) is -5.76. The van der Waals surface area contributed by atoms with Gasteiger partial charge in [0.1, 0.15) is 11.5 Å². The van der Waals surface area contributed by atoms with E-state index in [2.05, 4.69) is 38.5 Å². The van der Waals surface area contributed by atoms with Gasteiger partial charge in [-0.3, -0.25) is 14.5 Å². The van der Waals surface area contributed by atoms with Crippen LogP contribution in [0.25, 0.3) is 16.6 Å². The van der Waals surface area contributed by atoms with Crippen LogP contribution in [-0.2, 0) is 23.2 Å². The SMILES string of the molecule is CN1CCN(Cc2cnn(C)c2)CC1c1nnn2cc(-c3cccc(F)c3)ccc12.O=C(O)C(F)(F)F.O=C(O)C(F)(F)F. The minimum Gasteiger partial charge on any atom is -0.475 e. The van der Waals surface area contributed by atoms with Crippen LogP contribution in [-0.4, -0.2) is 95.6 Å². The summed E-state index contributed by atoms with van der Waals surface area (Å²) in [7, 11) is 4.08. The number of rotatable bonds is 4. The van der Waals surface area contributed by atoms with E-state index in [1.807, 2.05) is 42.3 Å². The molecule has 1 atom stereocenters. The maximum Gasteiger partial charge on any atom is 0.490 e. The molecule has 44 heavy (non-hydrogen) atoms. The Morgan fingerprint density at radius 3 is 2.11 bits per heavy atom. The Kier molecular flexibility index (Phi) is 10.6. The van der Waals surface area contributed by atoms with Gasteiger partial charge < -0.3 is 10.2 Å². The molecule has 0 saturated carbocycles. The van der Waals surface area contributed by atoms with Crippen molar-refractivity contribution in [3.63, 3.8) is 0 Å². The lowest BCUT2D eigenvalue weighted by atomic mass is 10.1. The fourth-order valence-electron chi connectivity index (χ4n) is 4.17. The molecule has 4 aromatic rings. The largest absolute Gasteiger partial charge is 0.490 e. The van der Waals surface area contributed by atoms with Gasteiger partial charge in [0.15, 0.2) is 0 Å². The number of likely N-dealkylation sites (N-methyl/N-ethyl adjacent to an activating group) is 1. The number of halogens is 7. The summed E-state index contributed by atoms with van der Waals surface area (Å²) in [6, 6.07) is 10.8. The Morgan fingerprint density at radius 2 is 1.57 bits per heavy atom. The minimum atomic E-state index is -5.08. The fraction of sp³-hybridized carbons (Fsp3) is 0.346. The van der Waals surface area contributed by atoms with E-state index in [4.69, 9.17) is 19.8 Å². The molecule has 1 aromatic carbocycles. The van der Waals surface area contributed by atoms with Crippen molar-refractivity contribution in [1.29, 1.82) is 0 Å². The number of carboxylic acid groups (broad SMARTS) is 2. The van der Waals surface area contributed by atoms with Crippen molar-refractivity contribution in [2.24, 2.45) is 7.05 Å². The molecule has 5 rings (SSSR count). The summed E-state index contributed by atoms with van der Waals surface area (Å²) < 4.78 is 80.7. The summed E-state index contributed by atoms with van der Waals surface area (Å²) in [6.07, 6.45) is -4.26. The predicted octanol–water partition coefficient (Wildman–Crippen LogP) is 4.02. The van der Waals surface area contributed by atoms with Crippen LogP contribution in [0, 0.1) is 5.82 Å². The number of aromatic nitrogens is 5. The standard InChI is InChI=1S/C22H24FN7.2C2HF3O2/c1-27-8-9-29(13-16-11-24-28(2)12-16)15-21(27)22-20-7-6-18(14-30(20)26-25-22)17-4-3-5-19(23)10-17;2*3-2(4,5)1(6)7/h3-7,10-12,14,21H,8-9,13,15H2,1-2H3;2*(H,6,7). The Bertz CT molecular complexity index is 1560. The monoisotopic (exact) mass is 633 g/mol. The minimum absolute atomic E-state index is 0.160. The zero-order chi connectivity index (χ0) is 32.8. The van der Waals surface area contributed by atoms with Gasteiger partial charge in [-0.2, -0.15) is 31.4 Å². The number of benzene rings is 1. The number of nitrogens with zero attached hydrogens (tertiary/aromatic N) is 7. The van der Waals surface area contributed by atoms with Gasteiger partial charge in [0.05, 0.1) is 17.8 Å². The van der Waals surface area contributed by atoms with Crippen molar-refractivity contribution in [3.05, 3.63) is 72.1 Å². The number of hydrogen-bond acceptors (Lipinski definition) is 7. The van der Waals surface area contributed by atoms with Gasteiger partial charge in [-0.1, -0.05) is 23.4 Å². The lowest BCUT2D eigenvalue weighted by Crippen LogP contribution is -2.46. The fourth-order valence-corrected chi connectivity index (χ4v) is 4.17. The van der Waals surface area contributed by atoms with Gasteiger partial charge in [0.2, 0.25) is 0 Å². The zero-order valence-electron chi connectivity index (χ0n) is 23.1. The van der Waals surface area contributed by atoms with E-state index < -0.39 is 24.3 Å². The van der Waals surface area contributed by atoms with Gasteiger partial charge in [-0.15, -0.1) is 5.10 Å². The first-order valence-electron chi connectivity index (χ1n) is 12.6. The van der Waals surface area contributed by atoms with Gasteiger partial charge in [0.25, 0.3) is 0 Å². The predicted molar refractivity (Wildman–Crippen MR) is 140 cm³/mol. The smallest absolute Gasteiger partial charge is 0.475 e. The molecule has 0 amide bonds. The molecule has 0 spiro atoms. The molecule has 2 N–H and O–H groups in total. The molecule has 18 heteroatoms. The van der Waals surface area contributed by atoms with Gasteiger partial charge in [-0.25, -0.2) is 18.5 Å². The van der Waals surface area contributed by atoms with E-state index in [9.17, 15) is 30.7 Å². The molecule has 1 saturated heterocycles. The van der Waals surface area contributed by atoms with E-state index in [0.717, 1.165) is 48.5 Å². The molecule has 3 aromatic heterocycles. The lowest BCUT2D eigenvalue weighted by Gasteiger charge is -2.38. The number of hydrogen-bond donors (Lipinski definition) is 2. The highest BCUT2D eigenvalue weighted by Crippen LogP contribution is 2.28. The molecule has 1 aliphatic rings. The number of aryl methyl sites for hydroxylation is 1. The Hall–Kier alpha value is -4.58. The number of piperazine rings is 1. The first kappa shape index (κ1) is 33.9. The van der Waals surface area contributed by atoms with E-state index in [-0.39, 0.29) is 11.9 Å². The van der Waals surface area contributed by atoms with Crippen LogP contribution < -0.4 is 0 Å². The van der Waals surface area contributed by atoms with Crippen molar-refractivity contribution in [3.8, 4) is 11.1 Å². The number of alkyl halides is 6. The summed E-state index contributed by atoms with van der Waals surface area (Å²) >= 11 is 0. The van der Waals surface area contributed by atoms with Crippen molar-refractivity contribution in [1.82, 2.24) is 34.4 Å². The summed E-state index contributed by atoms with van der Waals surface area (Å²) in [5.41, 5.74) is 4.91. The van der Waals surface area contributed by atoms with Gasteiger partial charge in [0, 0.05) is 56.7 Å². The number of fused-ring (bicyclic) bond motifs is 1. The molecule has 238 valence electrons. The summed E-state index contributed by atoms with van der Waals surface area (Å²) in [5, 5.41) is 27.4. The number of aliphatic carboxylic acids is 2. The summed E-state index contributed by atoms with van der Waals surface area (Å²) in [4.78, 5) is 22.6. The Labute approximate surface area is 244 Å². The molecular formula is C26H26F7N7O4. The molecule has 1 unspecified atom stereocenters. The number of carbonyl (C=O) groups is 2. The zero-order valence-corrected chi connectivity index (χ0v) is 23.1. The van der Waals surface area contributed by atoms with E-state index in [0.29, 0.717) is 0 Å². The van der Waals surface area contributed by atoms with Crippen LogP contribution >= 0.6 is 0 Å². The maximum atomic E-state index is 13.6. The van der Waals surface area contributed by atoms with Crippen LogP contribution in [0.3, 0.4) is 0 Å². The second-order valence-electron chi connectivity index (χ2n) is 9.59. The highest BCUT2D eigenvalue weighted by atomic mass is 19.4. The first-order valence-corrected chi connectivity index (χ1v) is 12.6. The lowest BCUT2D eigenvalue weighted by molar-refractivity contribution is -0.193. The first-order chi connectivity index (χ1) is 20.5. The highest BCUT2D eigenvalue weighted by molar-refractivity contribution is 5.73. The Balaban J connectivity index is 0.000000317. The molecule has 1 aliphatic heterocycles. The van der Waals surface area contributed by atoms with Crippen LogP contribution in [0.2, 0.25) is 0 Å². The second kappa shape index (κ2) is 13.8. The molecule has 0 bridgehead atoms. The third-order valence-electron chi connectivity index (χ3n) is 6.30. The van der Waals surface area contributed by atoms with Gasteiger partial charge in [-0.05, 0) is 30.8 Å². The number of pyridine rings is 1. The van der Waals surface area contributed by atoms with Crippen LogP contribution in [0.15, 0.2) is 55.0 Å². The molecule has 0 radical (unpaired) electrons. The summed E-state index contributed by atoms with van der Waals surface area (Å²) in [6.45, 7) is 3.72. The normalized spacial score (nSPS) is 16.1. The molecule has 11 nitrogen and oxygen atoms in total. The maximum absolute atomic E-state index is 13.6. The third kappa shape index (κ3) is 9.21. The average molecular weight is 634 g/mol. The van der Waals surface area contributed by atoms with Crippen molar-refractivity contribution in [2.75, 3.05) is 26.7 Å². The van der Waals surface area contributed by atoms with E-state index in [1.165, 1.54) is 17.7 Å². The van der Waals surface area contributed by atoms with Crippen molar-refractivity contribution >= 4 is 17.5 Å². The molecular weight excluding hydrogens is 607 g/mol. The number of carboxylic acids is 2. The third-order valence-corrected chi connectivity index (χ3v) is 6.30.